The van der Waals surface area contributed by atoms with Gasteiger partial charge in [0.05, 0.1) is 29.5 Å². The molecule has 0 radical (unpaired) electrons. The molecule has 2 N–H and O–H groups in total. The number of amides is 1. The van der Waals surface area contributed by atoms with Crippen LogP contribution >= 0.6 is 12.2 Å². The molecule has 2 aromatic rings. The molecule has 0 bridgehead atoms. The molecule has 0 spiro atoms. The maximum absolute atomic E-state index is 12.7. The summed E-state index contributed by atoms with van der Waals surface area (Å²) in [4.78, 5) is 28.1. The highest BCUT2D eigenvalue weighted by Gasteiger charge is 2.24. The number of benzene rings is 2. The number of carbonyl (C=O) groups is 1. The topological polar surface area (TPSA) is 100.0 Å². The lowest BCUT2D eigenvalue weighted by molar-refractivity contribution is -0.384. The van der Waals surface area contributed by atoms with Crippen LogP contribution in [0.1, 0.15) is 23.2 Å². The second-order valence-corrected chi connectivity index (χ2v) is 8.09. The van der Waals surface area contributed by atoms with Crippen molar-refractivity contribution in [2.24, 2.45) is 0 Å². The number of nitrogens with zero attached hydrogens (tertiary/aromatic N) is 3. The van der Waals surface area contributed by atoms with Crippen LogP contribution in [0.15, 0.2) is 42.5 Å². The summed E-state index contributed by atoms with van der Waals surface area (Å²) in [5, 5.41) is 17.5. The van der Waals surface area contributed by atoms with Crippen molar-refractivity contribution in [3.05, 3.63) is 58.1 Å². The van der Waals surface area contributed by atoms with Crippen molar-refractivity contribution < 1.29 is 14.5 Å². The van der Waals surface area contributed by atoms with Gasteiger partial charge in [0.2, 0.25) is 0 Å². The summed E-state index contributed by atoms with van der Waals surface area (Å²) >= 11 is 5.34. The molecule has 2 aromatic carbocycles. The first-order chi connectivity index (χ1) is 15.5. The Bertz CT molecular complexity index is 1020. The van der Waals surface area contributed by atoms with Crippen molar-refractivity contribution in [2.75, 3.05) is 54.5 Å². The molecule has 1 amide bonds. The first kappa shape index (κ1) is 22.0. The van der Waals surface area contributed by atoms with E-state index in [2.05, 4.69) is 15.5 Å². The number of carbonyl (C=O) groups excluding carboxylic acids is 1. The van der Waals surface area contributed by atoms with E-state index in [1.54, 1.807) is 12.1 Å². The third-order valence-corrected chi connectivity index (χ3v) is 5.82. The number of nitro benzene ring substituents is 1. The van der Waals surface area contributed by atoms with Gasteiger partial charge in [0.15, 0.2) is 5.11 Å². The minimum Gasteiger partial charge on any atom is -0.378 e. The second kappa shape index (κ2) is 9.92. The van der Waals surface area contributed by atoms with Gasteiger partial charge in [-0.2, -0.15) is 0 Å². The molecule has 2 fully saturated rings. The Balaban J connectivity index is 1.46. The van der Waals surface area contributed by atoms with Gasteiger partial charge >= 0.3 is 0 Å². The molecule has 0 atom stereocenters. The zero-order chi connectivity index (χ0) is 22.5. The number of hydrogen-bond acceptors (Lipinski definition) is 7. The average molecular weight is 456 g/mol. The van der Waals surface area contributed by atoms with Gasteiger partial charge in [0.25, 0.3) is 11.6 Å². The second-order valence-electron chi connectivity index (χ2n) is 7.68. The molecule has 0 unspecified atom stereocenters. The summed E-state index contributed by atoms with van der Waals surface area (Å²) in [5.41, 5.74) is 2.39. The van der Waals surface area contributed by atoms with E-state index in [0.29, 0.717) is 32.0 Å². The van der Waals surface area contributed by atoms with Crippen LogP contribution in [0, 0.1) is 10.1 Å². The van der Waals surface area contributed by atoms with Crippen molar-refractivity contribution in [1.82, 2.24) is 5.32 Å². The van der Waals surface area contributed by atoms with Gasteiger partial charge < -0.3 is 19.9 Å². The summed E-state index contributed by atoms with van der Waals surface area (Å²) in [7, 11) is 0. The van der Waals surface area contributed by atoms with Crippen LogP contribution in [0.25, 0.3) is 0 Å². The van der Waals surface area contributed by atoms with Crippen LogP contribution in [0.4, 0.5) is 22.7 Å². The third kappa shape index (κ3) is 4.97. The number of morpholine rings is 1. The van der Waals surface area contributed by atoms with Crippen LogP contribution in [-0.2, 0) is 4.74 Å². The fourth-order valence-electron chi connectivity index (χ4n) is 4.02. The molecule has 2 heterocycles. The fourth-order valence-corrected chi connectivity index (χ4v) is 4.23. The number of thiocarbonyl (C=S) groups is 1. The highest BCUT2D eigenvalue weighted by Crippen LogP contribution is 2.30. The predicted molar refractivity (Wildman–Crippen MR) is 128 cm³/mol. The van der Waals surface area contributed by atoms with Crippen LogP contribution in [-0.4, -0.2) is 55.3 Å². The van der Waals surface area contributed by atoms with Gasteiger partial charge in [-0.25, -0.2) is 0 Å². The van der Waals surface area contributed by atoms with E-state index in [1.807, 2.05) is 29.2 Å². The maximum Gasteiger partial charge on any atom is 0.293 e. The van der Waals surface area contributed by atoms with Crippen LogP contribution in [0.3, 0.4) is 0 Å². The molecule has 2 aliphatic heterocycles. The molecule has 0 aliphatic carbocycles. The van der Waals surface area contributed by atoms with E-state index in [0.717, 1.165) is 37.3 Å². The summed E-state index contributed by atoms with van der Waals surface area (Å²) in [6.45, 7) is 4.12. The molecule has 9 nitrogen and oxygen atoms in total. The van der Waals surface area contributed by atoms with Gasteiger partial charge in [-0.3, -0.25) is 20.2 Å². The van der Waals surface area contributed by atoms with E-state index in [9.17, 15) is 14.9 Å². The Kier molecular flexibility index (Phi) is 6.81. The SMILES string of the molecule is O=C(NC(=S)Nc1ccccc1N1CCCC1)c1ccc(N2CCOCC2)c([N+](=O)[O-])c1. The van der Waals surface area contributed by atoms with E-state index in [1.165, 1.54) is 6.07 Å². The standard InChI is InChI=1S/C22H25N5O4S/c28-21(16-7-8-19(20(15-16)27(29)30)26-11-13-31-14-12-26)24-22(32)23-17-5-1-2-6-18(17)25-9-3-4-10-25/h1-2,5-8,15H,3-4,9-14H2,(H2,23,24,28,32). The molecule has 2 aliphatic rings. The van der Waals surface area contributed by atoms with Gasteiger partial charge in [-0.05, 0) is 49.3 Å². The first-order valence-electron chi connectivity index (χ1n) is 10.6. The maximum atomic E-state index is 12.7. The highest BCUT2D eigenvalue weighted by atomic mass is 32.1. The molecule has 2 saturated heterocycles. The number of nitro groups is 1. The zero-order valence-electron chi connectivity index (χ0n) is 17.6. The third-order valence-electron chi connectivity index (χ3n) is 5.61. The summed E-state index contributed by atoms with van der Waals surface area (Å²) in [6.07, 6.45) is 2.30. The first-order valence-corrected chi connectivity index (χ1v) is 11.0. The lowest BCUT2D eigenvalue weighted by Gasteiger charge is -2.28. The molecule has 4 rings (SSSR count). The van der Waals surface area contributed by atoms with Crippen molar-refractivity contribution in [3.63, 3.8) is 0 Å². The predicted octanol–water partition coefficient (Wildman–Crippen LogP) is 3.16. The fraction of sp³-hybridized carbons (Fsp3) is 0.364. The van der Waals surface area contributed by atoms with Gasteiger partial charge in [-0.15, -0.1) is 0 Å². The van der Waals surface area contributed by atoms with Crippen LogP contribution < -0.4 is 20.4 Å². The molecule has 0 saturated carbocycles. The summed E-state index contributed by atoms with van der Waals surface area (Å²) < 4.78 is 5.32. The number of ether oxygens (including phenoxy) is 1. The number of anilines is 3. The van der Waals surface area contributed by atoms with Crippen LogP contribution in [0.2, 0.25) is 0 Å². The quantitative estimate of drug-likeness (QED) is 0.403. The van der Waals surface area contributed by atoms with Crippen molar-refractivity contribution in [1.29, 1.82) is 0 Å². The zero-order valence-corrected chi connectivity index (χ0v) is 18.4. The van der Waals surface area contributed by atoms with Gasteiger partial charge in [-0.1, -0.05) is 12.1 Å². The molecular weight excluding hydrogens is 430 g/mol. The molecule has 0 aromatic heterocycles. The highest BCUT2D eigenvalue weighted by molar-refractivity contribution is 7.80. The Morgan fingerprint density at radius 1 is 1.00 bits per heavy atom. The number of hydrogen-bond donors (Lipinski definition) is 2. The monoisotopic (exact) mass is 455 g/mol. The number of para-hydroxylation sites is 2. The normalized spacial score (nSPS) is 16.0. The molecular formula is C22H25N5O4S. The van der Waals surface area contributed by atoms with E-state index in [-0.39, 0.29) is 16.4 Å². The van der Waals surface area contributed by atoms with Crippen molar-refractivity contribution >= 4 is 46.0 Å². The van der Waals surface area contributed by atoms with E-state index in [4.69, 9.17) is 17.0 Å². The lowest BCUT2D eigenvalue weighted by Crippen LogP contribution is -2.37. The number of nitrogens with one attached hydrogen (secondary N) is 2. The summed E-state index contributed by atoms with van der Waals surface area (Å²) in [5.74, 6) is -0.502. The average Bonchev–Trinajstić information content (AvgIpc) is 3.34. The largest absolute Gasteiger partial charge is 0.378 e. The smallest absolute Gasteiger partial charge is 0.293 e. The van der Waals surface area contributed by atoms with Crippen molar-refractivity contribution in [2.45, 2.75) is 12.8 Å². The molecule has 32 heavy (non-hydrogen) atoms. The Labute approximate surface area is 191 Å². The Morgan fingerprint density at radius 2 is 1.69 bits per heavy atom. The minimum absolute atomic E-state index is 0.113. The van der Waals surface area contributed by atoms with Gasteiger partial charge in [0.1, 0.15) is 5.69 Å². The number of rotatable bonds is 5. The van der Waals surface area contributed by atoms with E-state index >= 15 is 0 Å². The minimum atomic E-state index is -0.502. The van der Waals surface area contributed by atoms with Gasteiger partial charge in [0, 0.05) is 37.8 Å². The molecule has 10 heteroatoms. The lowest BCUT2D eigenvalue weighted by atomic mass is 10.1. The summed E-state index contributed by atoms with van der Waals surface area (Å²) in [6, 6.07) is 12.3. The Hall–Kier alpha value is -3.24. The van der Waals surface area contributed by atoms with E-state index < -0.39 is 10.8 Å². The molecule has 168 valence electrons. The van der Waals surface area contributed by atoms with Crippen molar-refractivity contribution in [3.8, 4) is 0 Å². The van der Waals surface area contributed by atoms with Crippen LogP contribution in [0.5, 0.6) is 0 Å². The Morgan fingerprint density at radius 3 is 2.41 bits per heavy atom.